The van der Waals surface area contributed by atoms with E-state index >= 15 is 0 Å². The van der Waals surface area contributed by atoms with Crippen LogP contribution in [0.3, 0.4) is 0 Å². The number of carbonyl (C=O) groups is 3. The lowest BCUT2D eigenvalue weighted by atomic mass is 10.0. The average Bonchev–Trinajstić information content (AvgIpc) is 3.41. The molecule has 0 saturated carbocycles. The van der Waals surface area contributed by atoms with E-state index in [-0.39, 0.29) is 31.1 Å². The normalized spacial score (nSPS) is 12.3. The van der Waals surface area contributed by atoms with Crippen LogP contribution in [0.15, 0.2) is 48.6 Å². The van der Waals surface area contributed by atoms with Crippen molar-refractivity contribution in [2.24, 2.45) is 0 Å². The zero-order chi connectivity index (χ0) is 54.3. The van der Waals surface area contributed by atoms with Gasteiger partial charge in [-0.3, -0.25) is 14.4 Å². The Bertz CT molecular complexity index is 1300. The standard InChI is InChI=1S/C69H126O6/c1-4-7-10-13-16-18-20-22-24-26-28-29-30-31-32-33-34-35-36-37-38-39-40-41-42-44-45-47-49-51-53-56-59-62-68(71)74-65-66(64-73-67(70)61-58-55-15-12-9-6-3)75-69(72)63-60-57-54-52-50-48-46-43-27-25-23-21-19-17-14-11-8-5-2/h7,10,16,18,22,24,28-29,66H,4-6,8-9,11-15,17,19-21,23,25-27,30-65H2,1-3H3/b10-7-,18-16-,24-22-,29-28-. The first-order valence-corrected chi connectivity index (χ1v) is 33.1. The molecule has 0 fully saturated rings. The maximum Gasteiger partial charge on any atom is 0.306 e. The Labute approximate surface area is 467 Å². The Kier molecular flexibility index (Phi) is 61.7. The summed E-state index contributed by atoms with van der Waals surface area (Å²) in [5, 5.41) is 0. The molecule has 0 aliphatic carbocycles. The van der Waals surface area contributed by atoms with Gasteiger partial charge < -0.3 is 14.2 Å². The van der Waals surface area contributed by atoms with Crippen molar-refractivity contribution in [3.8, 4) is 0 Å². The third-order valence-electron chi connectivity index (χ3n) is 14.8. The minimum Gasteiger partial charge on any atom is -0.462 e. The number of ether oxygens (including phenoxy) is 3. The van der Waals surface area contributed by atoms with E-state index in [0.29, 0.717) is 19.3 Å². The molecular weight excluding hydrogens is 925 g/mol. The molecule has 0 saturated heterocycles. The Balaban J connectivity index is 3.94. The Morgan fingerprint density at radius 2 is 0.520 bits per heavy atom. The topological polar surface area (TPSA) is 78.9 Å². The van der Waals surface area contributed by atoms with Crippen LogP contribution in [0.5, 0.6) is 0 Å². The number of esters is 3. The second-order valence-electron chi connectivity index (χ2n) is 22.4. The van der Waals surface area contributed by atoms with Crippen molar-refractivity contribution < 1.29 is 28.6 Å². The fraction of sp³-hybridized carbons (Fsp3) is 0.841. The van der Waals surface area contributed by atoms with Gasteiger partial charge in [0.2, 0.25) is 0 Å². The predicted molar refractivity (Wildman–Crippen MR) is 325 cm³/mol. The molecule has 0 aromatic rings. The summed E-state index contributed by atoms with van der Waals surface area (Å²) < 4.78 is 16.8. The first-order chi connectivity index (χ1) is 37.0. The summed E-state index contributed by atoms with van der Waals surface area (Å²) in [6.07, 6.45) is 80.3. The molecule has 1 atom stereocenters. The van der Waals surface area contributed by atoms with E-state index in [9.17, 15) is 14.4 Å². The molecule has 0 spiro atoms. The van der Waals surface area contributed by atoms with Crippen molar-refractivity contribution in [3.63, 3.8) is 0 Å². The molecule has 0 aliphatic heterocycles. The molecule has 0 aliphatic rings. The summed E-state index contributed by atoms with van der Waals surface area (Å²) in [6, 6.07) is 0. The molecule has 6 heteroatoms. The van der Waals surface area contributed by atoms with E-state index in [1.165, 1.54) is 231 Å². The smallest absolute Gasteiger partial charge is 0.306 e. The molecule has 0 heterocycles. The Hall–Kier alpha value is -2.63. The number of unbranched alkanes of at least 4 members (excludes halogenated alkanes) is 42. The monoisotopic (exact) mass is 1050 g/mol. The molecule has 0 radical (unpaired) electrons. The zero-order valence-electron chi connectivity index (χ0n) is 50.3. The molecule has 0 bridgehead atoms. The summed E-state index contributed by atoms with van der Waals surface area (Å²) in [4.78, 5) is 38.0. The van der Waals surface area contributed by atoms with Gasteiger partial charge in [0.1, 0.15) is 13.2 Å². The van der Waals surface area contributed by atoms with Crippen LogP contribution in [0.1, 0.15) is 355 Å². The van der Waals surface area contributed by atoms with Crippen LogP contribution >= 0.6 is 0 Å². The number of hydrogen-bond acceptors (Lipinski definition) is 6. The highest BCUT2D eigenvalue weighted by atomic mass is 16.6. The third kappa shape index (κ3) is 62.1. The summed E-state index contributed by atoms with van der Waals surface area (Å²) >= 11 is 0. The van der Waals surface area contributed by atoms with Crippen molar-refractivity contribution in [1.82, 2.24) is 0 Å². The number of rotatable bonds is 61. The minimum absolute atomic E-state index is 0.0662. The quantitative estimate of drug-likeness (QED) is 0.0261. The van der Waals surface area contributed by atoms with Crippen LogP contribution in [0, 0.1) is 0 Å². The highest BCUT2D eigenvalue weighted by Gasteiger charge is 2.19. The molecule has 75 heavy (non-hydrogen) atoms. The molecule has 1 unspecified atom stereocenters. The SMILES string of the molecule is CC/C=C\C/C=C\C/C=C\C/C=C\CCCCCCCCCCCCCCCCCCCCCCC(=O)OCC(COC(=O)CCCCCCCC)OC(=O)CCCCCCCCCCCCCCCCCCCC. The van der Waals surface area contributed by atoms with Crippen LogP contribution in [-0.2, 0) is 28.6 Å². The van der Waals surface area contributed by atoms with Crippen LogP contribution in [-0.4, -0.2) is 37.2 Å². The van der Waals surface area contributed by atoms with Crippen molar-refractivity contribution in [2.75, 3.05) is 13.2 Å². The van der Waals surface area contributed by atoms with Gasteiger partial charge in [-0.2, -0.15) is 0 Å². The van der Waals surface area contributed by atoms with Crippen molar-refractivity contribution in [1.29, 1.82) is 0 Å². The molecule has 0 amide bonds. The van der Waals surface area contributed by atoms with E-state index in [4.69, 9.17) is 14.2 Å². The first kappa shape index (κ1) is 72.4. The van der Waals surface area contributed by atoms with Crippen molar-refractivity contribution in [2.45, 2.75) is 361 Å². The minimum atomic E-state index is -0.765. The predicted octanol–water partition coefficient (Wildman–Crippen LogP) is 22.6. The van der Waals surface area contributed by atoms with Crippen molar-refractivity contribution >= 4 is 17.9 Å². The highest BCUT2D eigenvalue weighted by Crippen LogP contribution is 2.18. The molecular formula is C69H126O6. The largest absolute Gasteiger partial charge is 0.462 e. The van der Waals surface area contributed by atoms with Gasteiger partial charge in [-0.15, -0.1) is 0 Å². The lowest BCUT2D eigenvalue weighted by molar-refractivity contribution is -0.167. The molecule has 0 rings (SSSR count). The van der Waals surface area contributed by atoms with Crippen LogP contribution in [0.2, 0.25) is 0 Å². The van der Waals surface area contributed by atoms with Crippen LogP contribution in [0.4, 0.5) is 0 Å². The highest BCUT2D eigenvalue weighted by molar-refractivity contribution is 5.71. The Morgan fingerprint density at radius 3 is 0.813 bits per heavy atom. The van der Waals surface area contributed by atoms with E-state index in [0.717, 1.165) is 83.5 Å². The molecule has 0 aromatic carbocycles. The lowest BCUT2D eigenvalue weighted by Crippen LogP contribution is -2.30. The maximum absolute atomic E-state index is 12.8. The molecule has 0 aromatic heterocycles. The lowest BCUT2D eigenvalue weighted by Gasteiger charge is -2.18. The number of allylic oxidation sites excluding steroid dienone is 8. The maximum atomic E-state index is 12.8. The van der Waals surface area contributed by atoms with Gasteiger partial charge in [0.15, 0.2) is 6.10 Å². The van der Waals surface area contributed by atoms with Gasteiger partial charge in [0.25, 0.3) is 0 Å². The molecule has 438 valence electrons. The van der Waals surface area contributed by atoms with E-state index < -0.39 is 6.10 Å². The first-order valence-electron chi connectivity index (χ1n) is 33.1. The summed E-state index contributed by atoms with van der Waals surface area (Å²) in [7, 11) is 0. The van der Waals surface area contributed by atoms with Gasteiger partial charge in [0, 0.05) is 19.3 Å². The second kappa shape index (κ2) is 63.9. The fourth-order valence-electron chi connectivity index (χ4n) is 9.91. The van der Waals surface area contributed by atoms with Gasteiger partial charge in [0.05, 0.1) is 0 Å². The summed E-state index contributed by atoms with van der Waals surface area (Å²) in [5.74, 6) is -0.852. The van der Waals surface area contributed by atoms with Crippen LogP contribution in [0.25, 0.3) is 0 Å². The van der Waals surface area contributed by atoms with E-state index in [1.807, 2.05) is 0 Å². The van der Waals surface area contributed by atoms with Crippen LogP contribution < -0.4 is 0 Å². The van der Waals surface area contributed by atoms with E-state index in [1.54, 1.807) is 0 Å². The number of hydrogen-bond donors (Lipinski definition) is 0. The summed E-state index contributed by atoms with van der Waals surface area (Å²) in [6.45, 7) is 6.52. The fourth-order valence-corrected chi connectivity index (χ4v) is 9.91. The molecule has 6 nitrogen and oxygen atoms in total. The third-order valence-corrected chi connectivity index (χ3v) is 14.8. The number of carbonyl (C=O) groups excluding carboxylic acids is 3. The van der Waals surface area contributed by atoms with E-state index in [2.05, 4.69) is 69.4 Å². The van der Waals surface area contributed by atoms with Crippen molar-refractivity contribution in [3.05, 3.63) is 48.6 Å². The van der Waals surface area contributed by atoms with Gasteiger partial charge in [-0.25, -0.2) is 0 Å². The summed E-state index contributed by atoms with van der Waals surface area (Å²) in [5.41, 5.74) is 0. The van der Waals surface area contributed by atoms with Gasteiger partial charge in [-0.05, 0) is 57.8 Å². The van der Waals surface area contributed by atoms with Gasteiger partial charge in [-0.1, -0.05) is 326 Å². The average molecular weight is 1050 g/mol. The van der Waals surface area contributed by atoms with Gasteiger partial charge >= 0.3 is 17.9 Å². The molecule has 0 N–H and O–H groups in total. The zero-order valence-corrected chi connectivity index (χ0v) is 50.3. The second-order valence-corrected chi connectivity index (χ2v) is 22.4. The Morgan fingerprint density at radius 1 is 0.280 bits per heavy atom.